The van der Waals surface area contributed by atoms with Gasteiger partial charge in [0.05, 0.1) is 0 Å². The lowest BCUT2D eigenvalue weighted by molar-refractivity contribution is -0.124. The third kappa shape index (κ3) is 4.39. The van der Waals surface area contributed by atoms with Crippen molar-refractivity contribution in [3.05, 3.63) is 70.6 Å². The molecule has 4 rings (SSSR count). The minimum atomic E-state index is -0.520. The summed E-state index contributed by atoms with van der Waals surface area (Å²) in [6.45, 7) is 5.16. The van der Waals surface area contributed by atoms with Crippen molar-refractivity contribution in [1.82, 2.24) is 20.3 Å². The van der Waals surface area contributed by atoms with Gasteiger partial charge in [0.1, 0.15) is 5.65 Å². The second-order valence-corrected chi connectivity index (χ2v) is 7.60. The zero-order valence-electron chi connectivity index (χ0n) is 16.6. The number of nitrogens with one attached hydrogen (secondary N) is 2. The van der Waals surface area contributed by atoms with Crippen molar-refractivity contribution in [3.8, 4) is 0 Å². The number of amides is 1. The maximum atomic E-state index is 11.2. The number of benzene rings is 1. The predicted octanol–water partition coefficient (Wildman–Crippen LogP) is 3.38. The molecule has 1 amide bonds. The minimum absolute atomic E-state index is 0.520. The highest BCUT2D eigenvalue weighted by Crippen LogP contribution is 2.24. The van der Waals surface area contributed by atoms with Gasteiger partial charge in [0, 0.05) is 36.4 Å². The molecule has 0 saturated carbocycles. The van der Waals surface area contributed by atoms with E-state index in [-0.39, 0.29) is 0 Å². The molecule has 0 aliphatic carbocycles. The van der Waals surface area contributed by atoms with Crippen LogP contribution in [0.1, 0.15) is 34.4 Å². The molecular weight excluding hydrogens is 364 g/mol. The summed E-state index contributed by atoms with van der Waals surface area (Å²) in [5.74, 6) is -0.520. The van der Waals surface area contributed by atoms with Gasteiger partial charge in [-0.05, 0) is 73.2 Å². The number of nitrogens with zero attached hydrogens (tertiary/aromatic N) is 2. The molecule has 0 bridgehead atoms. The fourth-order valence-corrected chi connectivity index (χ4v) is 4.15. The number of carbonyl (C=O) groups is 1. The van der Waals surface area contributed by atoms with E-state index in [9.17, 15) is 4.79 Å². The van der Waals surface area contributed by atoms with Crippen molar-refractivity contribution in [3.63, 3.8) is 0 Å². The summed E-state index contributed by atoms with van der Waals surface area (Å²) in [5, 5.41) is 9.83. The van der Waals surface area contributed by atoms with Gasteiger partial charge in [-0.25, -0.2) is 10.5 Å². The van der Waals surface area contributed by atoms with Crippen molar-refractivity contribution >= 4 is 23.0 Å². The molecule has 0 radical (unpaired) electrons. The fraction of sp³-hybridized carbons (Fsp3) is 0.304. The van der Waals surface area contributed by atoms with E-state index in [0.29, 0.717) is 0 Å². The number of carbonyl (C=O) groups excluding carboxylic acids is 1. The zero-order chi connectivity index (χ0) is 20.2. The standard InChI is InChI=1S/C23H26N4O2/c1-16-20(21-5-2-11-24-23(21)25-16)10-13-27-12-3-4-18-14-17(6-8-19(18)15-27)7-9-22(28)26-29/h2,5-9,11,14,29H,3-4,10,12-13,15H2,1H3,(H,24,25)(H,26,28). The summed E-state index contributed by atoms with van der Waals surface area (Å²) >= 11 is 0. The summed E-state index contributed by atoms with van der Waals surface area (Å²) in [5.41, 5.74) is 8.82. The van der Waals surface area contributed by atoms with Crippen molar-refractivity contribution in [1.29, 1.82) is 0 Å². The van der Waals surface area contributed by atoms with Crippen molar-refractivity contribution in [2.45, 2.75) is 32.7 Å². The van der Waals surface area contributed by atoms with Gasteiger partial charge >= 0.3 is 0 Å². The molecule has 0 saturated heterocycles. The number of pyridine rings is 1. The van der Waals surface area contributed by atoms with Crippen molar-refractivity contribution < 1.29 is 10.0 Å². The molecule has 1 aliphatic rings. The van der Waals surface area contributed by atoms with Gasteiger partial charge in [-0.1, -0.05) is 18.2 Å². The van der Waals surface area contributed by atoms with Crippen LogP contribution in [0.15, 0.2) is 42.6 Å². The second kappa shape index (κ2) is 8.59. The molecule has 2 aromatic heterocycles. The van der Waals surface area contributed by atoms with E-state index < -0.39 is 5.91 Å². The van der Waals surface area contributed by atoms with E-state index >= 15 is 0 Å². The van der Waals surface area contributed by atoms with Crippen LogP contribution in [-0.2, 0) is 24.2 Å². The Hall–Kier alpha value is -2.96. The lowest BCUT2D eigenvalue weighted by atomic mass is 10.0. The number of aromatic amines is 1. The van der Waals surface area contributed by atoms with Crippen LogP contribution in [0.25, 0.3) is 17.1 Å². The van der Waals surface area contributed by atoms with E-state index in [1.165, 1.54) is 33.8 Å². The van der Waals surface area contributed by atoms with Crippen LogP contribution in [-0.4, -0.2) is 39.1 Å². The van der Waals surface area contributed by atoms with Gasteiger partial charge in [-0.15, -0.1) is 0 Å². The minimum Gasteiger partial charge on any atom is -0.343 e. The Kier molecular flexibility index (Phi) is 5.74. The average molecular weight is 390 g/mol. The number of aromatic nitrogens is 2. The van der Waals surface area contributed by atoms with Crippen LogP contribution in [0.2, 0.25) is 0 Å². The Labute approximate surface area is 170 Å². The van der Waals surface area contributed by atoms with Crippen LogP contribution in [0.4, 0.5) is 0 Å². The highest BCUT2D eigenvalue weighted by Gasteiger charge is 2.16. The number of hydrogen-bond donors (Lipinski definition) is 3. The van der Waals surface area contributed by atoms with Gasteiger partial charge in [-0.2, -0.15) is 0 Å². The molecule has 0 spiro atoms. The molecule has 1 aliphatic heterocycles. The maximum absolute atomic E-state index is 11.2. The van der Waals surface area contributed by atoms with Crippen LogP contribution in [0.5, 0.6) is 0 Å². The van der Waals surface area contributed by atoms with Crippen LogP contribution in [0, 0.1) is 6.92 Å². The second-order valence-electron chi connectivity index (χ2n) is 7.60. The predicted molar refractivity (Wildman–Crippen MR) is 114 cm³/mol. The largest absolute Gasteiger partial charge is 0.343 e. The molecule has 6 heteroatoms. The molecule has 3 aromatic rings. The highest BCUT2D eigenvalue weighted by atomic mass is 16.5. The molecule has 150 valence electrons. The number of fused-ring (bicyclic) bond motifs is 2. The summed E-state index contributed by atoms with van der Waals surface area (Å²) in [4.78, 5) is 21.5. The lowest BCUT2D eigenvalue weighted by Gasteiger charge is -2.20. The van der Waals surface area contributed by atoms with E-state index in [2.05, 4.69) is 40.0 Å². The zero-order valence-corrected chi connectivity index (χ0v) is 16.6. The van der Waals surface area contributed by atoms with E-state index in [1.807, 2.05) is 18.3 Å². The van der Waals surface area contributed by atoms with Gasteiger partial charge < -0.3 is 4.98 Å². The number of rotatable bonds is 5. The van der Waals surface area contributed by atoms with Gasteiger partial charge in [0.25, 0.3) is 5.91 Å². The van der Waals surface area contributed by atoms with E-state index in [0.717, 1.165) is 50.1 Å². The van der Waals surface area contributed by atoms with Crippen LogP contribution < -0.4 is 5.48 Å². The highest BCUT2D eigenvalue weighted by molar-refractivity contribution is 5.90. The molecule has 0 atom stereocenters. The smallest absolute Gasteiger partial charge is 0.267 e. The number of hydrogen-bond acceptors (Lipinski definition) is 4. The van der Waals surface area contributed by atoms with Crippen LogP contribution >= 0.6 is 0 Å². The third-order valence-corrected chi connectivity index (χ3v) is 5.65. The molecule has 29 heavy (non-hydrogen) atoms. The summed E-state index contributed by atoms with van der Waals surface area (Å²) in [6.07, 6.45) is 8.05. The molecule has 1 aromatic carbocycles. The van der Waals surface area contributed by atoms with Crippen LogP contribution in [0.3, 0.4) is 0 Å². The van der Waals surface area contributed by atoms with E-state index in [1.54, 1.807) is 11.6 Å². The molecule has 0 fully saturated rings. The molecular formula is C23H26N4O2. The SMILES string of the molecule is Cc1[nH]c2ncccc2c1CCN1CCCc2cc(C=CC(=O)NO)ccc2C1. The first-order valence-electron chi connectivity index (χ1n) is 10.0. The van der Waals surface area contributed by atoms with Crippen molar-refractivity contribution in [2.24, 2.45) is 0 Å². The summed E-state index contributed by atoms with van der Waals surface area (Å²) in [7, 11) is 0. The topological polar surface area (TPSA) is 81.2 Å². The first-order chi connectivity index (χ1) is 14.1. The Balaban J connectivity index is 1.45. The maximum Gasteiger partial charge on any atom is 0.267 e. The monoisotopic (exact) mass is 390 g/mol. The first-order valence-corrected chi connectivity index (χ1v) is 10.0. The molecule has 6 nitrogen and oxygen atoms in total. The summed E-state index contributed by atoms with van der Waals surface area (Å²) < 4.78 is 0. The third-order valence-electron chi connectivity index (χ3n) is 5.65. The first kappa shape index (κ1) is 19.4. The van der Waals surface area contributed by atoms with Gasteiger partial charge in [0.15, 0.2) is 0 Å². The molecule has 3 N–H and O–H groups in total. The quantitative estimate of drug-likeness (QED) is 0.354. The number of aryl methyl sites for hydroxylation is 2. The Morgan fingerprint density at radius 1 is 1.34 bits per heavy atom. The summed E-state index contributed by atoms with van der Waals surface area (Å²) in [6, 6.07) is 10.5. The number of hydroxylamine groups is 1. The average Bonchev–Trinajstić information content (AvgIpc) is 2.91. The lowest BCUT2D eigenvalue weighted by Crippen LogP contribution is -2.25. The fourth-order valence-electron chi connectivity index (χ4n) is 4.15. The van der Waals surface area contributed by atoms with Crippen molar-refractivity contribution in [2.75, 3.05) is 13.1 Å². The number of H-pyrrole nitrogens is 1. The van der Waals surface area contributed by atoms with E-state index in [4.69, 9.17) is 5.21 Å². The Morgan fingerprint density at radius 3 is 3.10 bits per heavy atom. The van der Waals surface area contributed by atoms with Gasteiger partial charge in [-0.3, -0.25) is 14.9 Å². The Morgan fingerprint density at radius 2 is 2.24 bits per heavy atom. The van der Waals surface area contributed by atoms with Gasteiger partial charge in [0.2, 0.25) is 0 Å². The normalized spacial score (nSPS) is 14.8. The molecule has 3 heterocycles. The Bertz CT molecular complexity index is 1050. The molecule has 0 unspecified atom stereocenters.